The van der Waals surface area contributed by atoms with E-state index in [9.17, 15) is 10.0 Å². The lowest BCUT2D eigenvalue weighted by atomic mass is 10.1. The third-order valence-corrected chi connectivity index (χ3v) is 7.34. The summed E-state index contributed by atoms with van der Waals surface area (Å²) in [5.41, 5.74) is 5.54. The Hall–Kier alpha value is -4.05. The molecule has 0 unspecified atom stereocenters. The van der Waals surface area contributed by atoms with Crippen LogP contribution in [-0.4, -0.2) is 44.6 Å². The summed E-state index contributed by atoms with van der Waals surface area (Å²) in [6, 6.07) is 11.2. The van der Waals surface area contributed by atoms with Crippen LogP contribution < -0.4 is 4.74 Å². The maximum Gasteiger partial charge on any atom is 0.160 e. The van der Waals surface area contributed by atoms with Gasteiger partial charge in [0.1, 0.15) is 0 Å². The van der Waals surface area contributed by atoms with E-state index in [-0.39, 0.29) is 12.3 Å². The van der Waals surface area contributed by atoms with E-state index in [1.54, 1.807) is 30.0 Å². The molecule has 9 nitrogen and oxygen atoms in total. The van der Waals surface area contributed by atoms with Crippen molar-refractivity contribution in [3.63, 3.8) is 0 Å². The number of methoxy groups -OCH3 is 1. The molecule has 10 heteroatoms. The summed E-state index contributed by atoms with van der Waals surface area (Å²) in [7, 11) is 1.49. The van der Waals surface area contributed by atoms with Gasteiger partial charge in [0.15, 0.2) is 11.5 Å². The predicted octanol–water partition coefficient (Wildman–Crippen LogP) is 5.83. The van der Waals surface area contributed by atoms with Gasteiger partial charge in [-0.2, -0.15) is 10.2 Å². The number of ether oxygens (including phenoxy) is 1. The summed E-state index contributed by atoms with van der Waals surface area (Å²) in [5.74, 6) is 0.967. The van der Waals surface area contributed by atoms with Crippen molar-refractivity contribution in [3.8, 4) is 11.5 Å². The molecule has 2 aliphatic rings. The number of aromatic nitrogens is 2. The molecule has 2 aliphatic heterocycles. The van der Waals surface area contributed by atoms with E-state index in [2.05, 4.69) is 44.8 Å². The third kappa shape index (κ3) is 4.72. The zero-order valence-electron chi connectivity index (χ0n) is 20.0. The fourth-order valence-electron chi connectivity index (χ4n) is 4.23. The number of fused-ring (bicyclic) bond motifs is 1. The summed E-state index contributed by atoms with van der Waals surface area (Å²) < 4.78 is 5.18. The fraction of sp³-hybridized carbons (Fsp3) is 0.231. The van der Waals surface area contributed by atoms with Crippen molar-refractivity contribution in [3.05, 3.63) is 81.7 Å². The van der Waals surface area contributed by atoms with Crippen LogP contribution in [0.2, 0.25) is 0 Å². The Morgan fingerprint density at radius 2 is 2.14 bits per heavy atom. The smallest absolute Gasteiger partial charge is 0.160 e. The number of allylic oxidation sites excluding steroid dienone is 3. The highest BCUT2D eigenvalue weighted by atomic mass is 32.2. The van der Waals surface area contributed by atoms with Gasteiger partial charge >= 0.3 is 0 Å². The van der Waals surface area contributed by atoms with Crippen LogP contribution in [0.25, 0.3) is 21.9 Å². The molecule has 0 aliphatic carbocycles. The maximum atomic E-state index is 11.7. The summed E-state index contributed by atoms with van der Waals surface area (Å²) in [4.78, 5) is 17.2. The molecule has 1 aromatic heterocycles. The molecule has 2 N–H and O–H groups in total. The quantitative estimate of drug-likeness (QED) is 0.295. The van der Waals surface area contributed by atoms with E-state index in [0.29, 0.717) is 11.6 Å². The van der Waals surface area contributed by atoms with Gasteiger partial charge in [0.2, 0.25) is 0 Å². The summed E-state index contributed by atoms with van der Waals surface area (Å²) in [5, 5.41) is 25.0. The molecule has 3 aromatic rings. The van der Waals surface area contributed by atoms with E-state index in [0.717, 1.165) is 56.9 Å². The molecule has 5 rings (SSSR count). The fourth-order valence-corrected chi connectivity index (χ4v) is 5.42. The second-order valence-electron chi connectivity index (χ2n) is 8.43. The maximum absolute atomic E-state index is 11.7. The van der Waals surface area contributed by atoms with Crippen LogP contribution >= 0.6 is 11.8 Å². The molecular formula is C26H26N6O3S. The first kappa shape index (κ1) is 23.7. The lowest BCUT2D eigenvalue weighted by Gasteiger charge is -2.28. The number of benzene rings is 2. The van der Waals surface area contributed by atoms with Gasteiger partial charge in [-0.05, 0) is 67.3 Å². The van der Waals surface area contributed by atoms with Crippen molar-refractivity contribution in [2.24, 2.45) is 10.3 Å². The Morgan fingerprint density at radius 1 is 1.25 bits per heavy atom. The van der Waals surface area contributed by atoms with Gasteiger partial charge in [-0.3, -0.25) is 15.1 Å². The highest BCUT2D eigenvalue weighted by molar-refractivity contribution is 8.08. The molecule has 0 radical (unpaired) electrons. The number of nitroso groups, excluding NO2 is 1. The number of thioether (sulfide) groups is 1. The van der Waals surface area contributed by atoms with E-state index in [4.69, 9.17) is 4.74 Å². The third-order valence-electron chi connectivity index (χ3n) is 6.14. The Morgan fingerprint density at radius 3 is 2.92 bits per heavy atom. The molecule has 3 heterocycles. The highest BCUT2D eigenvalue weighted by Gasteiger charge is 2.27. The molecule has 0 spiro atoms. The second-order valence-corrected chi connectivity index (χ2v) is 9.38. The average molecular weight is 503 g/mol. The molecule has 2 aromatic carbocycles. The topological polar surface area (TPSA) is 106 Å². The molecule has 0 amide bonds. The van der Waals surface area contributed by atoms with Crippen molar-refractivity contribution in [2.75, 3.05) is 13.0 Å². The number of hydrogen-bond acceptors (Lipinski definition) is 8. The van der Waals surface area contributed by atoms with E-state index < -0.39 is 0 Å². The standard InChI is InChI=1S/C26H26N6O3S/c1-17-26(36-16-31(17)32(30-34)15-18-6-11-24(33)25(13-18)35-2)19-7-9-21-22(28-29-23(21)14-19)10-8-20-5-3-4-12-27-20/h5-14,33H,3-4,15-16H2,1-2H3,(H,28,29)/b10-8+. The lowest BCUT2D eigenvalue weighted by Crippen LogP contribution is -2.34. The number of aliphatic imine (C=N–C) groups is 1. The Balaban J connectivity index is 1.36. The van der Waals surface area contributed by atoms with Crippen molar-refractivity contribution >= 4 is 39.9 Å². The first-order valence-electron chi connectivity index (χ1n) is 11.5. The van der Waals surface area contributed by atoms with Gasteiger partial charge in [0, 0.05) is 22.2 Å². The number of rotatable bonds is 8. The molecule has 184 valence electrons. The number of hydrogen-bond donors (Lipinski definition) is 2. The number of phenols is 1. The van der Waals surface area contributed by atoms with Gasteiger partial charge in [-0.25, -0.2) is 0 Å². The minimum atomic E-state index is 0.0503. The summed E-state index contributed by atoms with van der Waals surface area (Å²) in [6.45, 7) is 2.23. The van der Waals surface area contributed by atoms with Gasteiger partial charge in [0.25, 0.3) is 0 Å². The lowest BCUT2D eigenvalue weighted by molar-refractivity contribution is 0.0218. The normalized spacial score (nSPS) is 15.7. The van der Waals surface area contributed by atoms with Crippen LogP contribution in [0.3, 0.4) is 0 Å². The molecule has 0 saturated carbocycles. The molecule has 0 atom stereocenters. The number of aromatic amines is 1. The molecular weight excluding hydrogens is 476 g/mol. The minimum absolute atomic E-state index is 0.0503. The van der Waals surface area contributed by atoms with Crippen molar-refractivity contribution in [1.82, 2.24) is 20.3 Å². The van der Waals surface area contributed by atoms with Gasteiger partial charge < -0.3 is 9.84 Å². The Bertz CT molecular complexity index is 1420. The largest absolute Gasteiger partial charge is 0.504 e. The molecule has 0 fully saturated rings. The van der Waals surface area contributed by atoms with Crippen molar-refractivity contribution in [1.29, 1.82) is 0 Å². The van der Waals surface area contributed by atoms with Crippen LogP contribution in [0.5, 0.6) is 11.5 Å². The van der Waals surface area contributed by atoms with Crippen molar-refractivity contribution in [2.45, 2.75) is 26.3 Å². The number of phenolic OH excluding ortho intramolecular Hbond substituents is 1. The summed E-state index contributed by atoms with van der Waals surface area (Å²) >= 11 is 1.65. The van der Waals surface area contributed by atoms with Gasteiger partial charge in [0.05, 0.1) is 41.7 Å². The number of H-pyrrole nitrogens is 1. The van der Waals surface area contributed by atoms with Crippen LogP contribution in [0.4, 0.5) is 0 Å². The SMILES string of the molecule is COc1cc(CN(N=O)N2CSC(c3ccc4c(/C=C/C5=CCCC=N5)n[nH]c4c3)=C2C)ccc1O. The zero-order valence-corrected chi connectivity index (χ0v) is 20.8. The minimum Gasteiger partial charge on any atom is -0.504 e. The van der Waals surface area contributed by atoms with Crippen molar-refractivity contribution < 1.29 is 9.84 Å². The van der Waals surface area contributed by atoms with E-state index in [1.807, 2.05) is 30.3 Å². The Kier molecular flexibility index (Phi) is 6.77. The average Bonchev–Trinajstić information content (AvgIpc) is 3.50. The summed E-state index contributed by atoms with van der Waals surface area (Å²) in [6.07, 6.45) is 10.0. The first-order chi connectivity index (χ1) is 17.6. The number of hydrazine groups is 1. The van der Waals surface area contributed by atoms with Crippen LogP contribution in [0, 0.1) is 4.91 Å². The molecule has 0 saturated heterocycles. The van der Waals surface area contributed by atoms with Crippen LogP contribution in [0.15, 0.2) is 70.2 Å². The monoisotopic (exact) mass is 502 g/mol. The highest BCUT2D eigenvalue weighted by Crippen LogP contribution is 2.41. The van der Waals surface area contributed by atoms with E-state index >= 15 is 0 Å². The first-order valence-corrected chi connectivity index (χ1v) is 12.5. The number of aromatic hydroxyl groups is 1. The zero-order chi connectivity index (χ0) is 25.1. The van der Waals surface area contributed by atoms with Gasteiger partial charge in [-0.1, -0.05) is 30.0 Å². The van der Waals surface area contributed by atoms with Crippen LogP contribution in [-0.2, 0) is 6.54 Å². The number of nitrogens with zero attached hydrogens (tertiary/aromatic N) is 5. The van der Waals surface area contributed by atoms with Crippen LogP contribution in [0.1, 0.15) is 36.6 Å². The molecule has 0 bridgehead atoms. The Labute approximate surface area is 212 Å². The molecule has 36 heavy (non-hydrogen) atoms. The second kappa shape index (κ2) is 10.3. The number of nitrogens with one attached hydrogen (secondary N) is 1. The van der Waals surface area contributed by atoms with Gasteiger partial charge in [-0.15, -0.1) is 4.91 Å². The van der Waals surface area contributed by atoms with E-state index in [1.165, 1.54) is 12.2 Å². The predicted molar refractivity (Wildman–Crippen MR) is 144 cm³/mol.